The van der Waals surface area contributed by atoms with Crippen LogP contribution in [0.2, 0.25) is 0 Å². The first-order valence-electron chi connectivity index (χ1n) is 8.83. The van der Waals surface area contributed by atoms with Crippen molar-refractivity contribution in [1.29, 1.82) is 0 Å². The molecule has 3 rings (SSSR count). The molecular formula is C19H24N4O3. The molecule has 3 amide bonds. The molecule has 0 bridgehead atoms. The lowest BCUT2D eigenvalue weighted by molar-refractivity contribution is -0.133. The molecule has 2 heterocycles. The first kappa shape index (κ1) is 18.0. The molecule has 7 heteroatoms. The first-order valence-corrected chi connectivity index (χ1v) is 8.83. The number of carbonyl (C=O) groups is 3. The van der Waals surface area contributed by atoms with Gasteiger partial charge in [0.1, 0.15) is 6.04 Å². The molecule has 2 aliphatic rings. The highest BCUT2D eigenvalue weighted by atomic mass is 16.2. The topological polar surface area (TPSA) is 81.8 Å². The second-order valence-electron chi connectivity index (χ2n) is 6.66. The molecule has 0 aromatic heterocycles. The number of nitrogens with zero attached hydrogens (tertiary/aromatic N) is 2. The summed E-state index contributed by atoms with van der Waals surface area (Å²) in [7, 11) is 1.71. The third-order valence-electron chi connectivity index (χ3n) is 5.06. The zero-order valence-corrected chi connectivity index (χ0v) is 14.9. The largest absolute Gasteiger partial charge is 0.381 e. The third kappa shape index (κ3) is 3.56. The molecule has 7 nitrogen and oxygen atoms in total. The molecule has 1 aromatic carbocycles. The Bertz CT molecular complexity index is 725. The van der Waals surface area contributed by atoms with E-state index in [9.17, 15) is 14.4 Å². The summed E-state index contributed by atoms with van der Waals surface area (Å²) < 4.78 is 0. The van der Waals surface area contributed by atoms with Crippen LogP contribution in [0.15, 0.2) is 36.9 Å². The Hall–Kier alpha value is -2.83. The standard InChI is InChI=1S/C19H24N4O3/c1-3-17(24)23-10-8-13(9-11-23)18(25)21-15-12-20-14-6-4-5-7-16(14)22(2)19(15)26/h3-7,13,15,20H,1,8-12H2,2H3,(H,21,25)/t15-/m0/s1. The van der Waals surface area contributed by atoms with Gasteiger partial charge in [-0.3, -0.25) is 14.4 Å². The van der Waals surface area contributed by atoms with Crippen molar-refractivity contribution in [2.75, 3.05) is 36.9 Å². The monoisotopic (exact) mass is 356 g/mol. The van der Waals surface area contributed by atoms with E-state index in [1.165, 1.54) is 6.08 Å². The van der Waals surface area contributed by atoms with Crippen LogP contribution in [0, 0.1) is 5.92 Å². The Balaban J connectivity index is 1.61. The van der Waals surface area contributed by atoms with E-state index in [0.29, 0.717) is 32.5 Å². The number of piperidine rings is 1. The van der Waals surface area contributed by atoms with Crippen LogP contribution < -0.4 is 15.5 Å². The van der Waals surface area contributed by atoms with Crippen molar-refractivity contribution in [2.45, 2.75) is 18.9 Å². The third-order valence-corrected chi connectivity index (χ3v) is 5.06. The van der Waals surface area contributed by atoms with Gasteiger partial charge in [0.15, 0.2) is 0 Å². The maximum Gasteiger partial charge on any atom is 0.251 e. The molecule has 0 saturated carbocycles. The summed E-state index contributed by atoms with van der Waals surface area (Å²) >= 11 is 0. The van der Waals surface area contributed by atoms with E-state index in [4.69, 9.17) is 0 Å². The summed E-state index contributed by atoms with van der Waals surface area (Å²) in [5.74, 6) is -0.565. The average molecular weight is 356 g/mol. The van der Waals surface area contributed by atoms with Gasteiger partial charge in [-0.15, -0.1) is 0 Å². The van der Waals surface area contributed by atoms with Gasteiger partial charge in [-0.05, 0) is 31.1 Å². The van der Waals surface area contributed by atoms with Gasteiger partial charge in [-0.1, -0.05) is 18.7 Å². The SMILES string of the molecule is C=CC(=O)N1CCC(C(=O)N[C@H]2CNc3ccccc3N(C)C2=O)CC1. The minimum atomic E-state index is -0.618. The summed E-state index contributed by atoms with van der Waals surface area (Å²) in [5.41, 5.74) is 1.67. The highest BCUT2D eigenvalue weighted by molar-refractivity contribution is 6.02. The average Bonchev–Trinajstić information content (AvgIpc) is 2.80. The van der Waals surface area contributed by atoms with Crippen LogP contribution in [0.25, 0.3) is 0 Å². The van der Waals surface area contributed by atoms with Gasteiger partial charge in [0.05, 0.1) is 11.4 Å². The molecule has 26 heavy (non-hydrogen) atoms. The number of fused-ring (bicyclic) bond motifs is 1. The zero-order chi connectivity index (χ0) is 18.7. The van der Waals surface area contributed by atoms with Crippen molar-refractivity contribution in [1.82, 2.24) is 10.2 Å². The number of likely N-dealkylation sites (N-methyl/N-ethyl adjacent to an activating group) is 1. The molecule has 1 fully saturated rings. The number of carbonyl (C=O) groups excluding carboxylic acids is 3. The summed E-state index contributed by atoms with van der Waals surface area (Å²) in [6.45, 7) is 4.90. The molecular weight excluding hydrogens is 332 g/mol. The number of rotatable bonds is 3. The lowest BCUT2D eigenvalue weighted by Crippen LogP contribution is -2.52. The molecule has 0 aliphatic carbocycles. The van der Waals surface area contributed by atoms with Crippen LogP contribution in [-0.2, 0) is 14.4 Å². The number of hydrogen-bond acceptors (Lipinski definition) is 4. The van der Waals surface area contributed by atoms with E-state index < -0.39 is 6.04 Å². The fourth-order valence-corrected chi connectivity index (χ4v) is 3.46. The van der Waals surface area contributed by atoms with E-state index in [1.807, 2.05) is 24.3 Å². The first-order chi connectivity index (χ1) is 12.5. The van der Waals surface area contributed by atoms with Gasteiger partial charge in [-0.2, -0.15) is 0 Å². The van der Waals surface area contributed by atoms with Gasteiger partial charge in [0.2, 0.25) is 11.8 Å². The van der Waals surface area contributed by atoms with Crippen molar-refractivity contribution in [3.8, 4) is 0 Å². The molecule has 138 valence electrons. The number of benzene rings is 1. The number of nitrogens with one attached hydrogen (secondary N) is 2. The quantitative estimate of drug-likeness (QED) is 0.791. The molecule has 1 aromatic rings. The minimum absolute atomic E-state index is 0.105. The normalized spacial score (nSPS) is 20.7. The van der Waals surface area contributed by atoms with Crippen molar-refractivity contribution in [3.63, 3.8) is 0 Å². The van der Waals surface area contributed by atoms with Crippen LogP contribution in [0.1, 0.15) is 12.8 Å². The van der Waals surface area contributed by atoms with Gasteiger partial charge in [0.25, 0.3) is 5.91 Å². The van der Waals surface area contributed by atoms with Crippen LogP contribution in [0.4, 0.5) is 11.4 Å². The van der Waals surface area contributed by atoms with E-state index in [-0.39, 0.29) is 23.6 Å². The molecule has 2 aliphatic heterocycles. The summed E-state index contributed by atoms with van der Waals surface area (Å²) in [6.07, 6.45) is 2.48. The number of amides is 3. The van der Waals surface area contributed by atoms with Crippen molar-refractivity contribution in [2.24, 2.45) is 5.92 Å². The Morgan fingerprint density at radius 2 is 1.96 bits per heavy atom. The van der Waals surface area contributed by atoms with Crippen LogP contribution >= 0.6 is 0 Å². The minimum Gasteiger partial charge on any atom is -0.381 e. The number of likely N-dealkylation sites (tertiary alicyclic amines) is 1. The van der Waals surface area contributed by atoms with Crippen molar-refractivity contribution >= 4 is 29.1 Å². The number of anilines is 2. The van der Waals surface area contributed by atoms with Crippen molar-refractivity contribution < 1.29 is 14.4 Å². The van der Waals surface area contributed by atoms with E-state index in [2.05, 4.69) is 17.2 Å². The molecule has 0 spiro atoms. The summed E-state index contributed by atoms with van der Waals surface area (Å²) in [4.78, 5) is 40.2. The maximum absolute atomic E-state index is 12.7. The second kappa shape index (κ2) is 7.59. The highest BCUT2D eigenvalue weighted by Crippen LogP contribution is 2.27. The fraction of sp³-hybridized carbons (Fsp3) is 0.421. The van der Waals surface area contributed by atoms with E-state index in [0.717, 1.165) is 11.4 Å². The molecule has 2 N–H and O–H groups in total. The number of hydrogen-bond donors (Lipinski definition) is 2. The van der Waals surface area contributed by atoms with Gasteiger partial charge >= 0.3 is 0 Å². The smallest absolute Gasteiger partial charge is 0.251 e. The Kier molecular flexibility index (Phi) is 5.25. The lowest BCUT2D eigenvalue weighted by atomic mass is 9.95. The maximum atomic E-state index is 12.7. The van der Waals surface area contributed by atoms with Gasteiger partial charge < -0.3 is 20.4 Å². The summed E-state index contributed by atoms with van der Waals surface area (Å²) in [6, 6.07) is 6.95. The van der Waals surface area contributed by atoms with Gasteiger partial charge in [0, 0.05) is 32.6 Å². The Morgan fingerprint density at radius 1 is 1.27 bits per heavy atom. The van der Waals surface area contributed by atoms with Crippen molar-refractivity contribution in [3.05, 3.63) is 36.9 Å². The Morgan fingerprint density at radius 3 is 2.65 bits per heavy atom. The molecule has 0 unspecified atom stereocenters. The van der Waals surface area contributed by atoms with E-state index >= 15 is 0 Å². The van der Waals surface area contributed by atoms with Crippen LogP contribution in [-0.4, -0.2) is 55.3 Å². The number of para-hydroxylation sites is 2. The van der Waals surface area contributed by atoms with E-state index in [1.54, 1.807) is 16.8 Å². The van der Waals surface area contributed by atoms with Crippen LogP contribution in [0.3, 0.4) is 0 Å². The predicted octanol–water partition coefficient (Wildman–Crippen LogP) is 0.984. The predicted molar refractivity (Wildman–Crippen MR) is 99.8 cm³/mol. The van der Waals surface area contributed by atoms with Gasteiger partial charge in [-0.25, -0.2) is 0 Å². The summed E-state index contributed by atoms with van der Waals surface area (Å²) in [5, 5.41) is 6.12. The zero-order valence-electron chi connectivity index (χ0n) is 14.9. The second-order valence-corrected chi connectivity index (χ2v) is 6.66. The molecule has 1 saturated heterocycles. The lowest BCUT2D eigenvalue weighted by Gasteiger charge is -2.31. The highest BCUT2D eigenvalue weighted by Gasteiger charge is 2.32. The molecule has 1 atom stereocenters. The molecule has 0 radical (unpaired) electrons. The fourth-order valence-electron chi connectivity index (χ4n) is 3.46. The van der Waals surface area contributed by atoms with Crippen LogP contribution in [0.5, 0.6) is 0 Å². The Labute approximate surface area is 153 Å².